The smallest absolute Gasteiger partial charge is 0.307 e. The molecule has 0 saturated carbocycles. The minimum atomic E-state index is -0.189. The fourth-order valence-corrected chi connectivity index (χ4v) is 2.30. The maximum atomic E-state index is 11.3. The number of rotatable bonds is 5. The van der Waals surface area contributed by atoms with Gasteiger partial charge in [0.25, 0.3) is 0 Å². The molecular formula is C15H21N3O2. The molecular weight excluding hydrogens is 254 g/mol. The maximum Gasteiger partial charge on any atom is 0.307 e. The first kappa shape index (κ1) is 14.4. The summed E-state index contributed by atoms with van der Waals surface area (Å²) in [7, 11) is 1.97. The lowest BCUT2D eigenvalue weighted by Crippen LogP contribution is -2.13. The Bertz CT molecular complexity index is 632. The molecule has 0 amide bonds. The Hall–Kier alpha value is -2.04. The highest BCUT2D eigenvalue weighted by Crippen LogP contribution is 2.22. The summed E-state index contributed by atoms with van der Waals surface area (Å²) in [5.41, 5.74) is 4.47. The molecule has 0 aliphatic carbocycles. The Morgan fingerprint density at radius 1 is 1.40 bits per heavy atom. The van der Waals surface area contributed by atoms with Crippen LogP contribution in [-0.2, 0) is 16.6 Å². The molecule has 1 heterocycles. The van der Waals surface area contributed by atoms with Crippen molar-refractivity contribution in [2.75, 3.05) is 18.5 Å². The zero-order valence-electron chi connectivity index (χ0n) is 12.5. The number of imidazole rings is 1. The van der Waals surface area contributed by atoms with Crippen molar-refractivity contribution in [2.24, 2.45) is 7.05 Å². The Morgan fingerprint density at radius 3 is 2.85 bits per heavy atom. The molecule has 2 rings (SSSR count). The minimum Gasteiger partial charge on any atom is -0.466 e. The third kappa shape index (κ3) is 2.92. The molecule has 0 spiro atoms. The SMILES string of the molecule is CCOC(=O)CCNc1nc2c(C)cc(C)cc2n1C. The van der Waals surface area contributed by atoms with Gasteiger partial charge in [-0.2, -0.15) is 0 Å². The fraction of sp³-hybridized carbons (Fsp3) is 0.467. The second-order valence-electron chi connectivity index (χ2n) is 4.93. The van der Waals surface area contributed by atoms with E-state index in [0.29, 0.717) is 19.6 Å². The van der Waals surface area contributed by atoms with Gasteiger partial charge < -0.3 is 14.6 Å². The van der Waals surface area contributed by atoms with Crippen LogP contribution in [0.15, 0.2) is 12.1 Å². The van der Waals surface area contributed by atoms with Crippen molar-refractivity contribution in [1.29, 1.82) is 0 Å². The predicted molar refractivity (Wildman–Crippen MR) is 79.9 cm³/mol. The summed E-state index contributed by atoms with van der Waals surface area (Å²) in [5.74, 6) is 0.587. The van der Waals surface area contributed by atoms with Crippen LogP contribution >= 0.6 is 0 Å². The lowest BCUT2D eigenvalue weighted by Gasteiger charge is -2.06. The van der Waals surface area contributed by atoms with E-state index in [-0.39, 0.29) is 5.97 Å². The van der Waals surface area contributed by atoms with Gasteiger partial charge in [0.15, 0.2) is 0 Å². The highest BCUT2D eigenvalue weighted by Gasteiger charge is 2.10. The van der Waals surface area contributed by atoms with E-state index in [4.69, 9.17) is 4.74 Å². The summed E-state index contributed by atoms with van der Waals surface area (Å²) in [5, 5.41) is 3.19. The van der Waals surface area contributed by atoms with Crippen molar-refractivity contribution in [3.8, 4) is 0 Å². The van der Waals surface area contributed by atoms with Crippen LogP contribution < -0.4 is 5.32 Å². The number of hydrogen-bond donors (Lipinski definition) is 1. The van der Waals surface area contributed by atoms with Gasteiger partial charge in [0, 0.05) is 13.6 Å². The van der Waals surface area contributed by atoms with E-state index < -0.39 is 0 Å². The molecule has 20 heavy (non-hydrogen) atoms. The first-order valence-corrected chi connectivity index (χ1v) is 6.86. The third-order valence-corrected chi connectivity index (χ3v) is 3.24. The largest absolute Gasteiger partial charge is 0.466 e. The molecule has 0 fully saturated rings. The summed E-state index contributed by atoms with van der Waals surface area (Å²) in [6.45, 7) is 6.89. The Kier molecular flexibility index (Phi) is 4.27. The van der Waals surface area contributed by atoms with Crippen LogP contribution in [0.25, 0.3) is 11.0 Å². The van der Waals surface area contributed by atoms with Crippen molar-refractivity contribution in [3.05, 3.63) is 23.3 Å². The van der Waals surface area contributed by atoms with Gasteiger partial charge in [-0.3, -0.25) is 4.79 Å². The maximum absolute atomic E-state index is 11.3. The summed E-state index contributed by atoms with van der Waals surface area (Å²) < 4.78 is 6.91. The van der Waals surface area contributed by atoms with E-state index in [1.807, 2.05) is 18.5 Å². The predicted octanol–water partition coefficient (Wildman–Crippen LogP) is 2.56. The number of benzene rings is 1. The number of aryl methyl sites for hydroxylation is 3. The van der Waals surface area contributed by atoms with Crippen molar-refractivity contribution < 1.29 is 9.53 Å². The summed E-state index contributed by atoms with van der Waals surface area (Å²) >= 11 is 0. The zero-order valence-corrected chi connectivity index (χ0v) is 12.5. The van der Waals surface area contributed by atoms with Gasteiger partial charge in [-0.05, 0) is 38.0 Å². The monoisotopic (exact) mass is 275 g/mol. The van der Waals surface area contributed by atoms with E-state index >= 15 is 0 Å². The van der Waals surface area contributed by atoms with E-state index in [9.17, 15) is 4.79 Å². The van der Waals surface area contributed by atoms with Gasteiger partial charge >= 0.3 is 5.97 Å². The second-order valence-corrected chi connectivity index (χ2v) is 4.93. The Morgan fingerprint density at radius 2 is 2.15 bits per heavy atom. The van der Waals surface area contributed by atoms with Crippen molar-refractivity contribution in [2.45, 2.75) is 27.2 Å². The Balaban J connectivity index is 2.13. The molecule has 108 valence electrons. The molecule has 0 unspecified atom stereocenters. The summed E-state index contributed by atoms with van der Waals surface area (Å²) in [4.78, 5) is 15.9. The number of esters is 1. The number of anilines is 1. The second kappa shape index (κ2) is 5.94. The minimum absolute atomic E-state index is 0.189. The number of aromatic nitrogens is 2. The van der Waals surface area contributed by atoms with Gasteiger partial charge in [0.1, 0.15) is 0 Å². The molecule has 0 aliphatic heterocycles. The normalized spacial score (nSPS) is 10.8. The third-order valence-electron chi connectivity index (χ3n) is 3.24. The van der Waals surface area contributed by atoms with Gasteiger partial charge in [-0.15, -0.1) is 0 Å². The number of carbonyl (C=O) groups is 1. The molecule has 0 saturated heterocycles. The lowest BCUT2D eigenvalue weighted by atomic mass is 10.1. The molecule has 0 bridgehead atoms. The van der Waals surface area contributed by atoms with Crippen LogP contribution in [0.3, 0.4) is 0 Å². The van der Waals surface area contributed by atoms with Gasteiger partial charge in [0.05, 0.1) is 24.1 Å². The Labute approximate surface area is 118 Å². The van der Waals surface area contributed by atoms with Crippen LogP contribution in [0.4, 0.5) is 5.95 Å². The zero-order chi connectivity index (χ0) is 14.7. The van der Waals surface area contributed by atoms with Crippen LogP contribution in [0.2, 0.25) is 0 Å². The number of nitrogens with zero attached hydrogens (tertiary/aromatic N) is 2. The van der Waals surface area contributed by atoms with E-state index in [1.54, 1.807) is 0 Å². The molecule has 0 aliphatic rings. The highest BCUT2D eigenvalue weighted by molar-refractivity contribution is 5.82. The summed E-state index contributed by atoms with van der Waals surface area (Å²) in [6.07, 6.45) is 0.342. The molecule has 5 heteroatoms. The quantitative estimate of drug-likeness (QED) is 0.852. The topological polar surface area (TPSA) is 56.1 Å². The molecule has 1 aromatic heterocycles. The number of nitrogens with one attached hydrogen (secondary N) is 1. The molecule has 0 radical (unpaired) electrons. The van der Waals surface area contributed by atoms with Crippen molar-refractivity contribution in [3.63, 3.8) is 0 Å². The van der Waals surface area contributed by atoms with Gasteiger partial charge in [0.2, 0.25) is 5.95 Å². The van der Waals surface area contributed by atoms with Crippen LogP contribution in [0.1, 0.15) is 24.5 Å². The molecule has 0 atom stereocenters. The van der Waals surface area contributed by atoms with Crippen molar-refractivity contribution >= 4 is 23.0 Å². The first-order chi connectivity index (χ1) is 9.52. The van der Waals surface area contributed by atoms with Gasteiger partial charge in [-0.1, -0.05) is 6.07 Å². The summed E-state index contributed by atoms with van der Waals surface area (Å²) in [6, 6.07) is 4.24. The number of fused-ring (bicyclic) bond motifs is 1. The van der Waals surface area contributed by atoms with Crippen LogP contribution in [0, 0.1) is 13.8 Å². The average molecular weight is 275 g/mol. The van der Waals surface area contributed by atoms with Crippen molar-refractivity contribution in [1.82, 2.24) is 9.55 Å². The number of hydrogen-bond acceptors (Lipinski definition) is 4. The average Bonchev–Trinajstić information content (AvgIpc) is 2.68. The number of carbonyl (C=O) groups excluding carboxylic acids is 1. The van der Waals surface area contributed by atoms with E-state index in [0.717, 1.165) is 22.5 Å². The van der Waals surface area contributed by atoms with Crippen LogP contribution in [0.5, 0.6) is 0 Å². The molecule has 1 N–H and O–H groups in total. The van der Waals surface area contributed by atoms with Crippen LogP contribution in [-0.4, -0.2) is 28.7 Å². The lowest BCUT2D eigenvalue weighted by molar-refractivity contribution is -0.142. The van der Waals surface area contributed by atoms with E-state index in [1.165, 1.54) is 5.56 Å². The van der Waals surface area contributed by atoms with E-state index in [2.05, 4.69) is 36.3 Å². The standard InChI is InChI=1S/C15H21N3O2/c1-5-20-13(19)6-7-16-15-17-14-11(3)8-10(2)9-12(14)18(15)4/h8-9H,5-7H2,1-4H3,(H,16,17). The molecule has 5 nitrogen and oxygen atoms in total. The first-order valence-electron chi connectivity index (χ1n) is 6.86. The molecule has 2 aromatic rings. The molecule has 1 aromatic carbocycles. The highest BCUT2D eigenvalue weighted by atomic mass is 16.5. The fourth-order valence-electron chi connectivity index (χ4n) is 2.30. The number of ether oxygens (including phenoxy) is 1. The van der Waals surface area contributed by atoms with Gasteiger partial charge in [-0.25, -0.2) is 4.98 Å².